The van der Waals surface area contributed by atoms with Gasteiger partial charge in [-0.1, -0.05) is 29.8 Å². The van der Waals surface area contributed by atoms with Crippen LogP contribution in [0.2, 0.25) is 0 Å². The fourth-order valence-electron chi connectivity index (χ4n) is 2.38. The Hall–Kier alpha value is -2.07. The lowest BCUT2D eigenvalue weighted by molar-refractivity contribution is 0.122. The van der Waals surface area contributed by atoms with Crippen LogP contribution in [0.5, 0.6) is 0 Å². The number of morpholine rings is 1. The molecule has 1 aliphatic heterocycles. The normalized spacial score (nSPS) is 15.0. The Morgan fingerprint density at radius 2 is 1.86 bits per heavy atom. The van der Waals surface area contributed by atoms with Crippen molar-refractivity contribution in [1.29, 1.82) is 0 Å². The molecule has 2 heterocycles. The van der Waals surface area contributed by atoms with Gasteiger partial charge in [-0.15, -0.1) is 0 Å². The number of ether oxygens (including phenoxy) is 1. The summed E-state index contributed by atoms with van der Waals surface area (Å²) in [5, 5.41) is 3.40. The molecule has 4 nitrogen and oxygen atoms in total. The smallest absolute Gasteiger partial charge is 0.128 e. The van der Waals surface area contributed by atoms with E-state index in [0.29, 0.717) is 0 Å². The highest BCUT2D eigenvalue weighted by Crippen LogP contribution is 2.16. The minimum Gasteiger partial charge on any atom is -0.380 e. The summed E-state index contributed by atoms with van der Waals surface area (Å²) < 4.78 is 5.36. The summed E-state index contributed by atoms with van der Waals surface area (Å²) in [5.74, 6) is 1.03. The lowest BCUT2D eigenvalue weighted by Gasteiger charge is -2.27. The number of hydrogen-bond donors (Lipinski definition) is 1. The minimum atomic E-state index is 0.787. The largest absolute Gasteiger partial charge is 0.380 e. The van der Waals surface area contributed by atoms with Gasteiger partial charge in [-0.05, 0) is 24.6 Å². The van der Waals surface area contributed by atoms with Crippen molar-refractivity contribution < 1.29 is 4.74 Å². The number of aryl methyl sites for hydroxylation is 1. The van der Waals surface area contributed by atoms with Gasteiger partial charge in [0, 0.05) is 19.6 Å². The summed E-state index contributed by atoms with van der Waals surface area (Å²) in [6.07, 6.45) is 1.90. The topological polar surface area (TPSA) is 37.4 Å². The maximum absolute atomic E-state index is 5.36. The van der Waals surface area contributed by atoms with E-state index < -0.39 is 0 Å². The first-order valence-electron chi connectivity index (χ1n) is 7.39. The van der Waals surface area contributed by atoms with Gasteiger partial charge in [0.05, 0.1) is 25.1 Å². The van der Waals surface area contributed by atoms with Gasteiger partial charge >= 0.3 is 0 Å². The molecule has 1 N–H and O–H groups in total. The van der Waals surface area contributed by atoms with Crippen molar-refractivity contribution in [2.75, 3.05) is 36.5 Å². The molecule has 3 rings (SSSR count). The monoisotopic (exact) mass is 283 g/mol. The molecule has 110 valence electrons. The Labute approximate surface area is 125 Å². The molecule has 1 fully saturated rings. The quantitative estimate of drug-likeness (QED) is 0.936. The number of hydrogen-bond acceptors (Lipinski definition) is 4. The maximum atomic E-state index is 5.36. The van der Waals surface area contributed by atoms with Gasteiger partial charge in [-0.2, -0.15) is 0 Å². The van der Waals surface area contributed by atoms with E-state index in [1.807, 2.05) is 6.20 Å². The SMILES string of the molecule is Cc1ccc(CNc2ccc(N3CCOCC3)nc2)cc1. The second-order valence-corrected chi connectivity index (χ2v) is 5.34. The Bertz CT molecular complexity index is 560. The fraction of sp³-hybridized carbons (Fsp3) is 0.353. The maximum Gasteiger partial charge on any atom is 0.128 e. The molecule has 21 heavy (non-hydrogen) atoms. The standard InChI is InChI=1S/C17H21N3O/c1-14-2-4-15(5-3-14)12-18-16-6-7-17(19-13-16)20-8-10-21-11-9-20/h2-7,13,18H,8-12H2,1H3. The van der Waals surface area contributed by atoms with Crippen LogP contribution in [-0.2, 0) is 11.3 Å². The third kappa shape index (κ3) is 3.73. The van der Waals surface area contributed by atoms with Crippen LogP contribution in [0.15, 0.2) is 42.6 Å². The van der Waals surface area contributed by atoms with Gasteiger partial charge in [0.15, 0.2) is 0 Å². The van der Waals surface area contributed by atoms with Crippen LogP contribution < -0.4 is 10.2 Å². The molecule has 0 spiro atoms. The fourth-order valence-corrected chi connectivity index (χ4v) is 2.38. The Morgan fingerprint density at radius 1 is 1.10 bits per heavy atom. The lowest BCUT2D eigenvalue weighted by atomic mass is 10.1. The number of rotatable bonds is 4. The third-order valence-electron chi connectivity index (χ3n) is 3.70. The van der Waals surface area contributed by atoms with E-state index in [-0.39, 0.29) is 0 Å². The second-order valence-electron chi connectivity index (χ2n) is 5.34. The van der Waals surface area contributed by atoms with Crippen molar-refractivity contribution in [2.24, 2.45) is 0 Å². The number of benzene rings is 1. The molecule has 1 aromatic heterocycles. The summed E-state index contributed by atoms with van der Waals surface area (Å²) in [4.78, 5) is 6.79. The predicted octanol–water partition coefficient (Wildman–Crippen LogP) is 2.84. The summed E-state index contributed by atoms with van der Waals surface area (Å²) in [6.45, 7) is 6.33. The highest BCUT2D eigenvalue weighted by Gasteiger charge is 2.11. The molecular weight excluding hydrogens is 262 g/mol. The van der Waals surface area contributed by atoms with Gasteiger partial charge in [0.25, 0.3) is 0 Å². The van der Waals surface area contributed by atoms with Crippen LogP contribution in [0.1, 0.15) is 11.1 Å². The van der Waals surface area contributed by atoms with E-state index in [9.17, 15) is 0 Å². The number of anilines is 2. The highest BCUT2D eigenvalue weighted by molar-refractivity contribution is 5.49. The molecule has 0 atom stereocenters. The van der Waals surface area contributed by atoms with E-state index in [2.05, 4.69) is 58.5 Å². The minimum absolute atomic E-state index is 0.787. The zero-order chi connectivity index (χ0) is 14.5. The third-order valence-corrected chi connectivity index (χ3v) is 3.70. The van der Waals surface area contributed by atoms with Crippen molar-refractivity contribution in [3.63, 3.8) is 0 Å². The summed E-state index contributed by atoms with van der Waals surface area (Å²) in [7, 11) is 0. The first-order chi connectivity index (χ1) is 10.3. The van der Waals surface area contributed by atoms with Crippen molar-refractivity contribution in [3.8, 4) is 0 Å². The van der Waals surface area contributed by atoms with Crippen molar-refractivity contribution in [2.45, 2.75) is 13.5 Å². The van der Waals surface area contributed by atoms with Crippen molar-refractivity contribution in [3.05, 3.63) is 53.7 Å². The summed E-state index contributed by atoms with van der Waals surface area (Å²) >= 11 is 0. The number of nitrogens with one attached hydrogen (secondary N) is 1. The molecule has 0 bridgehead atoms. The van der Waals surface area contributed by atoms with E-state index in [4.69, 9.17) is 4.74 Å². The van der Waals surface area contributed by atoms with Crippen LogP contribution >= 0.6 is 0 Å². The molecule has 0 amide bonds. The van der Waals surface area contributed by atoms with E-state index >= 15 is 0 Å². The molecule has 1 saturated heterocycles. The van der Waals surface area contributed by atoms with Gasteiger partial charge < -0.3 is 15.0 Å². The van der Waals surface area contributed by atoms with Gasteiger partial charge in [-0.25, -0.2) is 4.98 Å². The predicted molar refractivity (Wildman–Crippen MR) is 85.8 cm³/mol. The van der Waals surface area contributed by atoms with Crippen molar-refractivity contribution in [1.82, 2.24) is 4.98 Å². The molecule has 0 unspecified atom stereocenters. The molecule has 2 aromatic rings. The van der Waals surface area contributed by atoms with Gasteiger partial charge in [-0.3, -0.25) is 0 Å². The number of nitrogens with zero attached hydrogens (tertiary/aromatic N) is 2. The lowest BCUT2D eigenvalue weighted by Crippen LogP contribution is -2.36. The molecule has 0 radical (unpaired) electrons. The summed E-state index contributed by atoms with van der Waals surface area (Å²) in [5.41, 5.74) is 3.61. The second kappa shape index (κ2) is 6.59. The van der Waals surface area contributed by atoms with Crippen molar-refractivity contribution >= 4 is 11.5 Å². The van der Waals surface area contributed by atoms with E-state index in [1.165, 1.54) is 11.1 Å². The zero-order valence-electron chi connectivity index (χ0n) is 12.4. The Kier molecular flexibility index (Phi) is 4.36. The molecule has 4 heteroatoms. The number of aromatic nitrogens is 1. The Balaban J connectivity index is 1.57. The highest BCUT2D eigenvalue weighted by atomic mass is 16.5. The van der Waals surface area contributed by atoms with E-state index in [0.717, 1.165) is 44.4 Å². The van der Waals surface area contributed by atoms with Crippen LogP contribution in [0.25, 0.3) is 0 Å². The van der Waals surface area contributed by atoms with Crippen LogP contribution in [0.3, 0.4) is 0 Å². The molecule has 1 aliphatic rings. The average molecular weight is 283 g/mol. The zero-order valence-corrected chi connectivity index (χ0v) is 12.4. The first-order valence-corrected chi connectivity index (χ1v) is 7.39. The Morgan fingerprint density at radius 3 is 2.52 bits per heavy atom. The summed E-state index contributed by atoms with van der Waals surface area (Å²) in [6, 6.07) is 12.7. The van der Waals surface area contributed by atoms with Gasteiger partial charge in [0.1, 0.15) is 5.82 Å². The van der Waals surface area contributed by atoms with E-state index in [1.54, 1.807) is 0 Å². The first kappa shape index (κ1) is 13.9. The molecule has 0 saturated carbocycles. The van der Waals surface area contributed by atoms with Crippen LogP contribution in [-0.4, -0.2) is 31.3 Å². The number of pyridine rings is 1. The van der Waals surface area contributed by atoms with Crippen LogP contribution in [0.4, 0.5) is 11.5 Å². The average Bonchev–Trinajstić information content (AvgIpc) is 2.56. The van der Waals surface area contributed by atoms with Gasteiger partial charge in [0.2, 0.25) is 0 Å². The van der Waals surface area contributed by atoms with Crippen LogP contribution in [0, 0.1) is 6.92 Å². The molecule has 0 aliphatic carbocycles. The molecular formula is C17H21N3O. The molecule has 1 aromatic carbocycles.